The molecule has 0 spiro atoms. The number of benzene rings is 1. The lowest BCUT2D eigenvalue weighted by atomic mass is 10.0. The Bertz CT molecular complexity index is 827. The van der Waals surface area contributed by atoms with Gasteiger partial charge in [0.15, 0.2) is 0 Å². The Morgan fingerprint density at radius 2 is 1.93 bits per heavy atom. The van der Waals surface area contributed by atoms with Gasteiger partial charge in [-0.25, -0.2) is 0 Å². The topological polar surface area (TPSA) is 70.3 Å². The van der Waals surface area contributed by atoms with Gasteiger partial charge in [-0.3, -0.25) is 9.69 Å². The van der Waals surface area contributed by atoms with Crippen LogP contribution in [0.25, 0.3) is 5.69 Å². The summed E-state index contributed by atoms with van der Waals surface area (Å²) in [5.41, 5.74) is 2.90. The Morgan fingerprint density at radius 1 is 1.21 bits per heavy atom. The van der Waals surface area contributed by atoms with Gasteiger partial charge in [0.1, 0.15) is 11.8 Å². The van der Waals surface area contributed by atoms with Crippen LogP contribution in [0.15, 0.2) is 36.5 Å². The third kappa shape index (κ3) is 4.80. The maximum atomic E-state index is 12.8. The van der Waals surface area contributed by atoms with Crippen molar-refractivity contribution in [1.82, 2.24) is 14.8 Å². The number of amides is 1. The van der Waals surface area contributed by atoms with Crippen LogP contribution in [0.4, 0.5) is 0 Å². The van der Waals surface area contributed by atoms with Crippen molar-refractivity contribution in [1.29, 1.82) is 5.26 Å². The highest BCUT2D eigenvalue weighted by atomic mass is 16.5. The standard InChI is InChI=1S/C22H28N4O2/c1-17(2)18-4-6-20(7-5-18)26-11-8-19(16-23)21(26)22(27)24-9-3-10-25-12-14-28-15-13-25/h4-8,11,17H,3,9-10,12-15H2,1-2H3,(H,24,27). The summed E-state index contributed by atoms with van der Waals surface area (Å²) in [5, 5.41) is 12.4. The molecule has 1 aromatic heterocycles. The number of nitrogens with one attached hydrogen (secondary N) is 1. The lowest BCUT2D eigenvalue weighted by Crippen LogP contribution is -2.38. The van der Waals surface area contributed by atoms with Crippen molar-refractivity contribution in [2.75, 3.05) is 39.4 Å². The Morgan fingerprint density at radius 3 is 2.57 bits per heavy atom. The van der Waals surface area contributed by atoms with Crippen molar-refractivity contribution in [2.45, 2.75) is 26.2 Å². The third-order valence-electron chi connectivity index (χ3n) is 5.10. The van der Waals surface area contributed by atoms with Crippen molar-refractivity contribution < 1.29 is 9.53 Å². The summed E-state index contributed by atoms with van der Waals surface area (Å²) in [6.45, 7) is 9.26. The van der Waals surface area contributed by atoms with Crippen molar-refractivity contribution in [2.24, 2.45) is 0 Å². The molecule has 0 atom stereocenters. The van der Waals surface area contributed by atoms with Crippen LogP contribution in [0.5, 0.6) is 0 Å². The van der Waals surface area contributed by atoms with Gasteiger partial charge >= 0.3 is 0 Å². The highest BCUT2D eigenvalue weighted by Gasteiger charge is 2.18. The summed E-state index contributed by atoms with van der Waals surface area (Å²) in [6, 6.07) is 11.9. The molecule has 1 saturated heterocycles. The van der Waals surface area contributed by atoms with Gasteiger partial charge in [0.05, 0.1) is 18.8 Å². The largest absolute Gasteiger partial charge is 0.379 e. The summed E-state index contributed by atoms with van der Waals surface area (Å²) in [6.07, 6.45) is 2.66. The fourth-order valence-corrected chi connectivity index (χ4v) is 3.40. The van der Waals surface area contributed by atoms with Crippen LogP contribution in [0.2, 0.25) is 0 Å². The number of hydrogen-bond acceptors (Lipinski definition) is 4. The van der Waals surface area contributed by atoms with Crippen molar-refractivity contribution >= 4 is 5.91 Å². The summed E-state index contributed by atoms with van der Waals surface area (Å²) in [4.78, 5) is 15.1. The summed E-state index contributed by atoms with van der Waals surface area (Å²) in [5.74, 6) is 0.235. The fourth-order valence-electron chi connectivity index (χ4n) is 3.40. The second kappa shape index (κ2) is 9.54. The molecule has 28 heavy (non-hydrogen) atoms. The fraction of sp³-hybridized carbons (Fsp3) is 0.455. The lowest BCUT2D eigenvalue weighted by molar-refractivity contribution is 0.0374. The van der Waals surface area contributed by atoms with E-state index in [0.29, 0.717) is 23.7 Å². The van der Waals surface area contributed by atoms with Crippen LogP contribution in [0.3, 0.4) is 0 Å². The Balaban J connectivity index is 1.65. The minimum atomic E-state index is -0.212. The van der Waals surface area contributed by atoms with Gasteiger partial charge in [-0.2, -0.15) is 5.26 Å². The Hall–Kier alpha value is -2.62. The highest BCUT2D eigenvalue weighted by Crippen LogP contribution is 2.20. The number of ether oxygens (including phenoxy) is 1. The molecule has 2 aromatic rings. The number of carbonyl (C=O) groups is 1. The van der Waals surface area contributed by atoms with Gasteiger partial charge < -0.3 is 14.6 Å². The molecule has 0 radical (unpaired) electrons. The number of nitriles is 1. The molecule has 3 rings (SSSR count). The zero-order chi connectivity index (χ0) is 19.9. The maximum Gasteiger partial charge on any atom is 0.269 e. The second-order valence-corrected chi connectivity index (χ2v) is 7.37. The quantitative estimate of drug-likeness (QED) is 0.750. The van der Waals surface area contributed by atoms with E-state index in [9.17, 15) is 10.1 Å². The van der Waals surface area contributed by atoms with Gasteiger partial charge in [-0.15, -0.1) is 0 Å². The summed E-state index contributed by atoms with van der Waals surface area (Å²) in [7, 11) is 0. The molecule has 0 unspecified atom stereocenters. The van der Waals surface area contributed by atoms with E-state index in [0.717, 1.165) is 45.0 Å². The average molecular weight is 380 g/mol. The predicted molar refractivity (Wildman–Crippen MR) is 109 cm³/mol. The first-order chi connectivity index (χ1) is 13.6. The van der Waals surface area contributed by atoms with Crippen LogP contribution in [-0.2, 0) is 4.74 Å². The van der Waals surface area contributed by atoms with E-state index in [1.54, 1.807) is 16.8 Å². The number of nitrogens with zero attached hydrogens (tertiary/aromatic N) is 3. The highest BCUT2D eigenvalue weighted by molar-refractivity contribution is 5.95. The van der Waals surface area contributed by atoms with E-state index in [4.69, 9.17) is 4.74 Å². The van der Waals surface area contributed by atoms with E-state index in [-0.39, 0.29) is 5.91 Å². The molecule has 148 valence electrons. The van der Waals surface area contributed by atoms with E-state index < -0.39 is 0 Å². The van der Waals surface area contributed by atoms with Crippen molar-refractivity contribution in [3.8, 4) is 11.8 Å². The first kappa shape index (κ1) is 20.1. The van der Waals surface area contributed by atoms with Gasteiger partial charge in [-0.1, -0.05) is 26.0 Å². The molecule has 0 aliphatic carbocycles. The van der Waals surface area contributed by atoms with Crippen LogP contribution in [-0.4, -0.2) is 54.8 Å². The first-order valence-electron chi connectivity index (χ1n) is 9.90. The third-order valence-corrected chi connectivity index (χ3v) is 5.10. The molecule has 1 fully saturated rings. The average Bonchev–Trinajstić information content (AvgIpc) is 3.16. The predicted octanol–water partition coefficient (Wildman–Crippen LogP) is 2.92. The van der Waals surface area contributed by atoms with Crippen LogP contribution < -0.4 is 5.32 Å². The van der Waals surface area contributed by atoms with Crippen LogP contribution in [0, 0.1) is 11.3 Å². The minimum absolute atomic E-state index is 0.212. The summed E-state index contributed by atoms with van der Waals surface area (Å²) >= 11 is 0. The summed E-state index contributed by atoms with van der Waals surface area (Å²) < 4.78 is 7.14. The van der Waals surface area contributed by atoms with Gasteiger partial charge in [-0.05, 0) is 42.6 Å². The first-order valence-corrected chi connectivity index (χ1v) is 9.90. The molecule has 6 heteroatoms. The molecule has 1 amide bonds. The molecule has 0 saturated carbocycles. The Labute approximate surface area is 166 Å². The normalized spacial score (nSPS) is 14.8. The number of carbonyl (C=O) groups excluding carboxylic acids is 1. The van der Waals surface area contributed by atoms with E-state index in [1.807, 2.05) is 12.1 Å². The van der Waals surface area contributed by atoms with Crippen molar-refractivity contribution in [3.05, 3.63) is 53.3 Å². The molecule has 1 N–H and O–H groups in total. The monoisotopic (exact) mass is 380 g/mol. The molecule has 1 aliphatic rings. The molecule has 2 heterocycles. The Kier molecular flexibility index (Phi) is 6.85. The van der Waals surface area contributed by atoms with Crippen LogP contribution in [0.1, 0.15) is 47.8 Å². The molecule has 1 aliphatic heterocycles. The second-order valence-electron chi connectivity index (χ2n) is 7.37. The van der Waals surface area contributed by atoms with Crippen molar-refractivity contribution in [3.63, 3.8) is 0 Å². The van der Waals surface area contributed by atoms with Gasteiger partial charge in [0.25, 0.3) is 5.91 Å². The molecule has 6 nitrogen and oxygen atoms in total. The number of aromatic nitrogens is 1. The SMILES string of the molecule is CC(C)c1ccc(-n2ccc(C#N)c2C(=O)NCCCN2CCOCC2)cc1. The lowest BCUT2D eigenvalue weighted by Gasteiger charge is -2.26. The number of morpholine rings is 1. The van der Waals surface area contributed by atoms with E-state index >= 15 is 0 Å². The molecular weight excluding hydrogens is 352 g/mol. The molecule has 1 aromatic carbocycles. The molecular formula is C22H28N4O2. The van der Waals surface area contributed by atoms with Gasteiger partial charge in [0, 0.05) is 31.5 Å². The zero-order valence-corrected chi connectivity index (χ0v) is 16.6. The number of rotatable bonds is 7. The zero-order valence-electron chi connectivity index (χ0n) is 16.6. The molecule has 0 bridgehead atoms. The number of hydrogen-bond donors (Lipinski definition) is 1. The van der Waals surface area contributed by atoms with E-state index in [1.165, 1.54) is 5.56 Å². The minimum Gasteiger partial charge on any atom is -0.379 e. The maximum absolute atomic E-state index is 12.8. The van der Waals surface area contributed by atoms with Crippen LogP contribution >= 0.6 is 0 Å². The van der Waals surface area contributed by atoms with E-state index in [2.05, 4.69) is 42.3 Å². The smallest absolute Gasteiger partial charge is 0.269 e. The van der Waals surface area contributed by atoms with Gasteiger partial charge in [0.2, 0.25) is 0 Å².